The average molecular weight is 739 g/mol. The zero-order valence-electron chi connectivity index (χ0n) is 29.0. The molecule has 0 aliphatic carbocycles. The molecule has 0 aliphatic heterocycles. The Hall–Kier alpha value is -6.80. The number of hydrogen-bond donors (Lipinski definition) is 0. The molecule has 0 bridgehead atoms. The first-order valence-electron chi connectivity index (χ1n) is 18.1. The Kier molecular flexibility index (Phi) is 6.60. The lowest BCUT2D eigenvalue weighted by Gasteiger charge is -2.12. The van der Waals surface area contributed by atoms with Crippen LogP contribution in [0.5, 0.6) is 0 Å². The fourth-order valence-electron chi connectivity index (χ4n) is 7.99. The lowest BCUT2D eigenvalue weighted by Crippen LogP contribution is -2.01. The van der Waals surface area contributed by atoms with Crippen molar-refractivity contribution < 1.29 is 4.42 Å². The molecule has 0 fully saturated rings. The summed E-state index contributed by atoms with van der Waals surface area (Å²) in [5.41, 5.74) is 5.25. The van der Waals surface area contributed by atoms with Crippen LogP contribution in [0.25, 0.3) is 119 Å². The number of aromatic nitrogens is 4. The molecule has 0 aliphatic rings. The fourth-order valence-corrected chi connectivity index (χ4v) is 10.3. The summed E-state index contributed by atoms with van der Waals surface area (Å²) < 4.78 is 11.5. The van der Waals surface area contributed by atoms with Gasteiger partial charge in [-0.2, -0.15) is 0 Å². The van der Waals surface area contributed by atoms with E-state index in [1.54, 1.807) is 22.7 Å². The van der Waals surface area contributed by atoms with Crippen molar-refractivity contribution in [2.45, 2.75) is 0 Å². The number of benzene rings is 8. The molecule has 4 aromatic heterocycles. The predicted molar refractivity (Wildman–Crippen MR) is 230 cm³/mol. The Morgan fingerprint density at radius 2 is 1.04 bits per heavy atom. The highest BCUT2D eigenvalue weighted by Crippen LogP contribution is 2.46. The minimum absolute atomic E-state index is 0.590. The van der Waals surface area contributed by atoms with E-state index in [2.05, 4.69) is 140 Å². The molecule has 0 amide bonds. The standard InChI is InChI=1S/C48H26N4OS2/c1-2-12-27(13-3-1)45-50-46(36-24-28-14-4-5-15-30(28)31-16-6-7-17-32(31)36)52-47(51-45)37-26-38-43(42-35-19-9-11-21-40(35)55-44(37)42)53-48(49-38)29-22-23-34-33-18-8-10-20-39(33)54-41(34)25-29/h1-26H. The van der Waals surface area contributed by atoms with Gasteiger partial charge in [-0.15, -0.1) is 22.7 Å². The third-order valence-corrected chi connectivity index (χ3v) is 12.9. The van der Waals surface area contributed by atoms with Gasteiger partial charge in [0.05, 0.1) is 4.70 Å². The van der Waals surface area contributed by atoms with Gasteiger partial charge >= 0.3 is 0 Å². The summed E-state index contributed by atoms with van der Waals surface area (Å²) >= 11 is 3.52. The maximum atomic E-state index is 6.77. The van der Waals surface area contributed by atoms with E-state index in [1.165, 1.54) is 25.6 Å². The van der Waals surface area contributed by atoms with Crippen molar-refractivity contribution in [1.29, 1.82) is 0 Å². The Bertz CT molecular complexity index is 3510. The number of thiophene rings is 2. The molecule has 0 N–H and O–H groups in total. The van der Waals surface area contributed by atoms with Gasteiger partial charge in [0.2, 0.25) is 5.89 Å². The first-order chi connectivity index (χ1) is 27.2. The molecule has 55 heavy (non-hydrogen) atoms. The fraction of sp³-hybridized carbons (Fsp3) is 0. The molecule has 8 aromatic carbocycles. The van der Waals surface area contributed by atoms with Crippen LogP contribution in [-0.2, 0) is 0 Å². The van der Waals surface area contributed by atoms with Crippen molar-refractivity contribution >= 4 is 95.7 Å². The molecule has 0 saturated carbocycles. The van der Waals surface area contributed by atoms with Crippen LogP contribution in [-0.4, -0.2) is 19.9 Å². The van der Waals surface area contributed by atoms with Gasteiger partial charge in [0, 0.05) is 57.9 Å². The lowest BCUT2D eigenvalue weighted by molar-refractivity contribution is 0.623. The van der Waals surface area contributed by atoms with Gasteiger partial charge in [0.1, 0.15) is 5.52 Å². The zero-order valence-corrected chi connectivity index (χ0v) is 30.7. The quantitative estimate of drug-likeness (QED) is 0.168. The molecule has 256 valence electrons. The van der Waals surface area contributed by atoms with Gasteiger partial charge in [0.15, 0.2) is 23.1 Å². The minimum atomic E-state index is 0.590. The van der Waals surface area contributed by atoms with Gasteiger partial charge in [-0.3, -0.25) is 0 Å². The van der Waals surface area contributed by atoms with Crippen LogP contribution in [0.4, 0.5) is 0 Å². The Morgan fingerprint density at radius 1 is 0.400 bits per heavy atom. The number of nitrogens with zero attached hydrogens (tertiary/aromatic N) is 4. The topological polar surface area (TPSA) is 64.7 Å². The third kappa shape index (κ3) is 4.77. The summed E-state index contributed by atoms with van der Waals surface area (Å²) in [5, 5.41) is 9.25. The molecule has 0 spiro atoms. The number of hydrogen-bond acceptors (Lipinski definition) is 7. The van der Waals surface area contributed by atoms with Crippen molar-refractivity contribution in [3.05, 3.63) is 158 Å². The molecule has 5 nitrogen and oxygen atoms in total. The molecule has 4 heterocycles. The first kappa shape index (κ1) is 30.6. The predicted octanol–water partition coefficient (Wildman–Crippen LogP) is 13.7. The number of rotatable bonds is 4. The highest BCUT2D eigenvalue weighted by Gasteiger charge is 2.23. The first-order valence-corrected chi connectivity index (χ1v) is 19.8. The summed E-state index contributed by atoms with van der Waals surface area (Å²) in [5.74, 6) is 2.42. The summed E-state index contributed by atoms with van der Waals surface area (Å²) in [4.78, 5) is 20.9. The van der Waals surface area contributed by atoms with Gasteiger partial charge in [-0.05, 0) is 57.9 Å². The van der Waals surface area contributed by atoms with Crippen molar-refractivity contribution in [3.8, 4) is 45.6 Å². The van der Waals surface area contributed by atoms with Crippen LogP contribution >= 0.6 is 22.7 Å². The van der Waals surface area contributed by atoms with Crippen LogP contribution in [0.2, 0.25) is 0 Å². The molecular formula is C48H26N4OS2. The maximum absolute atomic E-state index is 6.77. The van der Waals surface area contributed by atoms with Gasteiger partial charge in [-0.1, -0.05) is 121 Å². The normalized spacial score (nSPS) is 12.0. The van der Waals surface area contributed by atoms with Crippen molar-refractivity contribution in [2.24, 2.45) is 0 Å². The highest BCUT2D eigenvalue weighted by molar-refractivity contribution is 7.26. The van der Waals surface area contributed by atoms with Gasteiger partial charge in [0.25, 0.3) is 0 Å². The van der Waals surface area contributed by atoms with Crippen molar-refractivity contribution in [1.82, 2.24) is 19.9 Å². The molecule has 0 atom stereocenters. The Morgan fingerprint density at radius 3 is 1.87 bits per heavy atom. The number of fused-ring (bicyclic) bond motifs is 11. The van der Waals surface area contributed by atoms with Crippen LogP contribution < -0.4 is 0 Å². The van der Waals surface area contributed by atoms with E-state index in [-0.39, 0.29) is 0 Å². The Balaban J connectivity index is 1.13. The zero-order chi connectivity index (χ0) is 36.0. The lowest BCUT2D eigenvalue weighted by atomic mass is 9.97. The smallest absolute Gasteiger partial charge is 0.227 e. The van der Waals surface area contributed by atoms with E-state index in [4.69, 9.17) is 24.4 Å². The monoisotopic (exact) mass is 738 g/mol. The second-order valence-electron chi connectivity index (χ2n) is 13.8. The molecule has 0 unspecified atom stereocenters. The SMILES string of the molecule is c1ccc(-c2nc(-c3cc4ccccc4c4ccccc34)nc(-c3cc4nc(-c5ccc6c(c5)sc5ccccc56)oc4c4c3sc3ccccc34)n2)cc1. The van der Waals surface area contributed by atoms with Crippen LogP contribution in [0.3, 0.4) is 0 Å². The molecule has 12 rings (SSSR count). The summed E-state index contributed by atoms with van der Waals surface area (Å²) in [6.07, 6.45) is 0. The minimum Gasteiger partial charge on any atom is -0.435 e. The molecule has 0 radical (unpaired) electrons. The Labute approximate surface area is 321 Å². The van der Waals surface area contributed by atoms with Gasteiger partial charge < -0.3 is 4.42 Å². The molecule has 7 heteroatoms. The maximum Gasteiger partial charge on any atom is 0.227 e. The largest absolute Gasteiger partial charge is 0.435 e. The second-order valence-corrected chi connectivity index (χ2v) is 15.9. The van der Waals surface area contributed by atoms with E-state index in [0.717, 1.165) is 69.7 Å². The summed E-state index contributed by atoms with van der Waals surface area (Å²) in [6, 6.07) is 55.0. The average Bonchev–Trinajstić information content (AvgIpc) is 3.96. The van der Waals surface area contributed by atoms with Crippen LogP contribution in [0.1, 0.15) is 0 Å². The van der Waals surface area contributed by atoms with E-state index in [1.807, 2.05) is 18.2 Å². The van der Waals surface area contributed by atoms with Crippen molar-refractivity contribution in [2.75, 3.05) is 0 Å². The highest BCUT2D eigenvalue weighted by atomic mass is 32.1. The number of oxazole rings is 1. The van der Waals surface area contributed by atoms with Crippen molar-refractivity contribution in [3.63, 3.8) is 0 Å². The summed E-state index contributed by atoms with van der Waals surface area (Å²) in [7, 11) is 0. The van der Waals surface area contributed by atoms with E-state index >= 15 is 0 Å². The van der Waals surface area contributed by atoms with Crippen LogP contribution in [0.15, 0.2) is 162 Å². The van der Waals surface area contributed by atoms with E-state index in [0.29, 0.717) is 23.4 Å². The van der Waals surface area contributed by atoms with E-state index in [9.17, 15) is 0 Å². The molecule has 12 aromatic rings. The molecule has 0 saturated heterocycles. The van der Waals surface area contributed by atoms with Crippen LogP contribution in [0, 0.1) is 0 Å². The molecular weight excluding hydrogens is 713 g/mol. The van der Waals surface area contributed by atoms with Gasteiger partial charge in [-0.25, -0.2) is 19.9 Å². The third-order valence-electron chi connectivity index (χ3n) is 10.5. The summed E-state index contributed by atoms with van der Waals surface area (Å²) in [6.45, 7) is 0. The van der Waals surface area contributed by atoms with E-state index < -0.39 is 0 Å². The second kappa shape index (κ2) is 11.9.